The number of aromatic nitrogens is 2. The molecule has 130 valence electrons. The minimum absolute atomic E-state index is 0.0781. The van der Waals surface area contributed by atoms with Crippen LogP contribution in [0, 0.1) is 17.1 Å². The van der Waals surface area contributed by atoms with E-state index in [0.29, 0.717) is 17.2 Å². The van der Waals surface area contributed by atoms with Crippen molar-refractivity contribution < 1.29 is 14.3 Å². The molecule has 2 aromatic heterocycles. The number of carbonyl (C=O) groups excluding carboxylic acids is 1. The van der Waals surface area contributed by atoms with Crippen molar-refractivity contribution in [3.05, 3.63) is 64.5 Å². The molecule has 1 amide bonds. The van der Waals surface area contributed by atoms with Gasteiger partial charge in [-0.1, -0.05) is 12.1 Å². The van der Waals surface area contributed by atoms with Crippen LogP contribution in [-0.2, 0) is 17.8 Å². The summed E-state index contributed by atoms with van der Waals surface area (Å²) in [6, 6.07) is 9.10. The number of nitriles is 1. The fourth-order valence-electron chi connectivity index (χ4n) is 2.21. The van der Waals surface area contributed by atoms with Gasteiger partial charge in [-0.05, 0) is 17.7 Å². The van der Waals surface area contributed by atoms with E-state index < -0.39 is 0 Å². The summed E-state index contributed by atoms with van der Waals surface area (Å²) in [6.07, 6.45) is 1.43. The summed E-state index contributed by atoms with van der Waals surface area (Å²) in [7, 11) is 0. The predicted molar refractivity (Wildman–Crippen MR) is 93.7 cm³/mol. The number of carbonyl (C=O) groups is 1. The monoisotopic (exact) mass is 368 g/mol. The molecule has 0 aliphatic heterocycles. The Balaban J connectivity index is 1.62. The van der Waals surface area contributed by atoms with Crippen LogP contribution in [-0.4, -0.2) is 21.0 Å². The van der Waals surface area contributed by atoms with Crippen LogP contribution in [0.4, 0.5) is 4.39 Å². The van der Waals surface area contributed by atoms with Crippen LogP contribution < -0.4 is 5.32 Å². The first-order valence-corrected chi connectivity index (χ1v) is 8.48. The summed E-state index contributed by atoms with van der Waals surface area (Å²) < 4.78 is 12.9. The standard InChI is InChI=1S/C18H13FN4O2S/c19-13-3-1-11(2-4-13)8-21-16(25)6-14-10-26-18(23-14)17-15(24)5-12(7-20)9-22-17/h1-5,9-10,24H,6,8H2,(H,21,25). The second-order valence-electron chi connectivity index (χ2n) is 5.43. The highest BCUT2D eigenvalue weighted by atomic mass is 32.1. The van der Waals surface area contributed by atoms with Crippen molar-refractivity contribution in [3.8, 4) is 22.5 Å². The largest absolute Gasteiger partial charge is 0.506 e. The molecule has 1 aromatic carbocycles. The van der Waals surface area contributed by atoms with E-state index >= 15 is 0 Å². The lowest BCUT2D eigenvalue weighted by Crippen LogP contribution is -2.24. The molecule has 0 fully saturated rings. The van der Waals surface area contributed by atoms with Crippen molar-refractivity contribution in [2.24, 2.45) is 0 Å². The number of benzene rings is 1. The normalized spacial score (nSPS) is 10.3. The Morgan fingerprint density at radius 2 is 2.12 bits per heavy atom. The Bertz CT molecular complexity index is 980. The first kappa shape index (κ1) is 17.5. The molecular weight excluding hydrogens is 355 g/mol. The predicted octanol–water partition coefficient (Wildman–Crippen LogP) is 2.78. The number of nitrogens with one attached hydrogen (secondary N) is 1. The zero-order chi connectivity index (χ0) is 18.5. The number of hydrogen-bond donors (Lipinski definition) is 2. The lowest BCUT2D eigenvalue weighted by molar-refractivity contribution is -0.120. The molecule has 2 heterocycles. The highest BCUT2D eigenvalue weighted by Crippen LogP contribution is 2.30. The van der Waals surface area contributed by atoms with Gasteiger partial charge in [-0.25, -0.2) is 14.4 Å². The molecule has 3 rings (SSSR count). The number of halogens is 1. The zero-order valence-electron chi connectivity index (χ0n) is 13.4. The molecule has 0 unspecified atom stereocenters. The minimum Gasteiger partial charge on any atom is -0.506 e. The summed E-state index contributed by atoms with van der Waals surface area (Å²) in [6.45, 7) is 0.300. The van der Waals surface area contributed by atoms with Crippen LogP contribution in [0.25, 0.3) is 10.7 Å². The Labute approximate surface area is 152 Å². The van der Waals surface area contributed by atoms with Crippen LogP contribution in [0.2, 0.25) is 0 Å². The van der Waals surface area contributed by atoms with Crippen molar-refractivity contribution in [2.75, 3.05) is 0 Å². The van der Waals surface area contributed by atoms with Crippen molar-refractivity contribution >= 4 is 17.2 Å². The van der Waals surface area contributed by atoms with Crippen LogP contribution >= 0.6 is 11.3 Å². The SMILES string of the molecule is N#Cc1cnc(-c2nc(CC(=O)NCc3ccc(F)cc3)cs2)c(O)c1. The first-order valence-electron chi connectivity index (χ1n) is 7.60. The second-order valence-corrected chi connectivity index (χ2v) is 6.29. The Kier molecular flexibility index (Phi) is 5.20. The van der Waals surface area contributed by atoms with Crippen molar-refractivity contribution in [1.82, 2.24) is 15.3 Å². The summed E-state index contributed by atoms with van der Waals surface area (Å²) in [5.74, 6) is -0.677. The lowest BCUT2D eigenvalue weighted by Gasteiger charge is -2.04. The van der Waals surface area contributed by atoms with Crippen LogP contribution in [0.15, 0.2) is 41.9 Å². The number of thiazole rings is 1. The number of nitrogens with zero attached hydrogens (tertiary/aromatic N) is 3. The molecule has 0 saturated carbocycles. The maximum atomic E-state index is 12.9. The minimum atomic E-state index is -0.324. The lowest BCUT2D eigenvalue weighted by atomic mass is 10.2. The van der Waals surface area contributed by atoms with Gasteiger partial charge in [0.15, 0.2) is 0 Å². The van der Waals surface area contributed by atoms with E-state index in [4.69, 9.17) is 5.26 Å². The average Bonchev–Trinajstić information content (AvgIpc) is 3.09. The molecule has 6 nitrogen and oxygen atoms in total. The van der Waals surface area contributed by atoms with Crippen LogP contribution in [0.3, 0.4) is 0 Å². The Hall–Kier alpha value is -3.31. The van der Waals surface area contributed by atoms with E-state index in [1.165, 1.54) is 35.7 Å². The number of rotatable bonds is 5. The molecule has 2 N–H and O–H groups in total. The van der Waals surface area contributed by atoms with Gasteiger partial charge in [0, 0.05) is 24.2 Å². The maximum absolute atomic E-state index is 12.9. The van der Waals surface area contributed by atoms with E-state index in [-0.39, 0.29) is 35.2 Å². The number of pyridine rings is 1. The topological polar surface area (TPSA) is 98.9 Å². The van der Waals surface area contributed by atoms with Crippen molar-refractivity contribution in [1.29, 1.82) is 5.26 Å². The van der Waals surface area contributed by atoms with Gasteiger partial charge in [-0.3, -0.25) is 4.79 Å². The summed E-state index contributed by atoms with van der Waals surface area (Å²) in [4.78, 5) is 20.4. The smallest absolute Gasteiger partial charge is 0.226 e. The average molecular weight is 368 g/mol. The number of amides is 1. The molecule has 0 saturated heterocycles. The molecule has 0 radical (unpaired) electrons. The fourth-order valence-corrected chi connectivity index (χ4v) is 3.03. The molecule has 0 atom stereocenters. The van der Waals surface area contributed by atoms with Gasteiger partial charge < -0.3 is 10.4 Å². The quantitative estimate of drug-likeness (QED) is 0.721. The van der Waals surface area contributed by atoms with E-state index in [1.807, 2.05) is 6.07 Å². The highest BCUT2D eigenvalue weighted by molar-refractivity contribution is 7.13. The Morgan fingerprint density at radius 3 is 2.81 bits per heavy atom. The van der Waals surface area contributed by atoms with Gasteiger partial charge in [0.25, 0.3) is 0 Å². The number of aromatic hydroxyl groups is 1. The number of hydrogen-bond acceptors (Lipinski definition) is 6. The molecule has 0 aliphatic rings. The van der Waals surface area contributed by atoms with Gasteiger partial charge in [0.1, 0.15) is 28.3 Å². The van der Waals surface area contributed by atoms with Crippen molar-refractivity contribution in [3.63, 3.8) is 0 Å². The molecule has 3 aromatic rings. The van der Waals surface area contributed by atoms with Gasteiger partial charge in [-0.2, -0.15) is 5.26 Å². The molecule has 26 heavy (non-hydrogen) atoms. The second kappa shape index (κ2) is 7.72. The molecule has 0 spiro atoms. The molecule has 0 bridgehead atoms. The summed E-state index contributed by atoms with van der Waals surface area (Å²) >= 11 is 1.25. The maximum Gasteiger partial charge on any atom is 0.226 e. The van der Waals surface area contributed by atoms with Crippen molar-refractivity contribution in [2.45, 2.75) is 13.0 Å². The van der Waals surface area contributed by atoms with Gasteiger partial charge >= 0.3 is 0 Å². The third kappa shape index (κ3) is 4.20. The molecule has 0 aliphatic carbocycles. The van der Waals surface area contributed by atoms with Crippen LogP contribution in [0.1, 0.15) is 16.8 Å². The summed E-state index contributed by atoms with van der Waals surface area (Å²) in [5.41, 5.74) is 1.87. The highest BCUT2D eigenvalue weighted by Gasteiger charge is 2.13. The third-order valence-electron chi connectivity index (χ3n) is 3.50. The first-order chi connectivity index (χ1) is 12.5. The fraction of sp³-hybridized carbons (Fsp3) is 0.111. The molecule has 8 heteroatoms. The van der Waals surface area contributed by atoms with Gasteiger partial charge in [-0.15, -0.1) is 11.3 Å². The van der Waals surface area contributed by atoms with E-state index in [9.17, 15) is 14.3 Å². The van der Waals surface area contributed by atoms with E-state index in [0.717, 1.165) is 5.56 Å². The van der Waals surface area contributed by atoms with Gasteiger partial charge in [0.2, 0.25) is 5.91 Å². The van der Waals surface area contributed by atoms with E-state index in [2.05, 4.69) is 15.3 Å². The Morgan fingerprint density at radius 1 is 1.35 bits per heavy atom. The zero-order valence-corrected chi connectivity index (χ0v) is 14.3. The van der Waals surface area contributed by atoms with Gasteiger partial charge in [0.05, 0.1) is 17.7 Å². The summed E-state index contributed by atoms with van der Waals surface area (Å²) in [5, 5.41) is 23.7. The van der Waals surface area contributed by atoms with Crippen LogP contribution in [0.5, 0.6) is 5.75 Å². The molecular formula is C18H13FN4O2S. The third-order valence-corrected chi connectivity index (χ3v) is 4.39. The van der Waals surface area contributed by atoms with E-state index in [1.54, 1.807) is 17.5 Å².